The van der Waals surface area contributed by atoms with Crippen LogP contribution in [-0.2, 0) is 6.54 Å². The minimum absolute atomic E-state index is 0.135. The van der Waals surface area contributed by atoms with E-state index in [-0.39, 0.29) is 11.6 Å². The lowest BCUT2D eigenvalue weighted by molar-refractivity contribution is -0.0256. The zero-order chi connectivity index (χ0) is 15.5. The number of alkyl halides is 2. The molecule has 0 aliphatic heterocycles. The van der Waals surface area contributed by atoms with E-state index >= 15 is 0 Å². The lowest BCUT2D eigenvalue weighted by Gasteiger charge is -2.10. The standard InChI is InChI=1S/C13H14F2N4O2/c1-3-19-11(20)5-4-10(18-19)9-6-16-12(17-7-9)21-8-13(2,14)15/h4-7H,3,8H2,1-2H3. The topological polar surface area (TPSA) is 69.9 Å². The van der Waals surface area contributed by atoms with Crippen molar-refractivity contribution in [3.63, 3.8) is 0 Å². The summed E-state index contributed by atoms with van der Waals surface area (Å²) in [4.78, 5) is 19.1. The Morgan fingerprint density at radius 2 is 1.95 bits per heavy atom. The molecule has 0 radical (unpaired) electrons. The molecule has 0 saturated heterocycles. The second kappa shape index (κ2) is 5.94. The average Bonchev–Trinajstić information content (AvgIpc) is 2.45. The first kappa shape index (κ1) is 15.0. The predicted molar refractivity (Wildman–Crippen MR) is 71.3 cm³/mol. The van der Waals surface area contributed by atoms with Crippen LogP contribution in [0.5, 0.6) is 6.01 Å². The monoisotopic (exact) mass is 296 g/mol. The lowest BCUT2D eigenvalue weighted by atomic mass is 10.2. The Balaban J connectivity index is 2.17. The molecule has 2 aromatic heterocycles. The van der Waals surface area contributed by atoms with E-state index in [2.05, 4.69) is 15.1 Å². The summed E-state index contributed by atoms with van der Waals surface area (Å²) >= 11 is 0. The van der Waals surface area contributed by atoms with Crippen LogP contribution >= 0.6 is 0 Å². The van der Waals surface area contributed by atoms with Crippen molar-refractivity contribution in [3.05, 3.63) is 34.9 Å². The van der Waals surface area contributed by atoms with Gasteiger partial charge in [-0.15, -0.1) is 0 Å². The van der Waals surface area contributed by atoms with E-state index < -0.39 is 12.5 Å². The Morgan fingerprint density at radius 1 is 1.29 bits per heavy atom. The largest absolute Gasteiger partial charge is 0.457 e. The molecule has 0 bridgehead atoms. The smallest absolute Gasteiger partial charge is 0.316 e. The molecule has 2 heterocycles. The van der Waals surface area contributed by atoms with Crippen LogP contribution in [0, 0.1) is 0 Å². The van der Waals surface area contributed by atoms with Crippen LogP contribution in [0.15, 0.2) is 29.3 Å². The van der Waals surface area contributed by atoms with Crippen molar-refractivity contribution in [1.29, 1.82) is 0 Å². The molecule has 0 spiro atoms. The third-order valence-corrected chi connectivity index (χ3v) is 2.54. The zero-order valence-corrected chi connectivity index (χ0v) is 11.6. The zero-order valence-electron chi connectivity index (χ0n) is 11.6. The van der Waals surface area contributed by atoms with E-state index in [0.29, 0.717) is 17.8 Å². The third kappa shape index (κ3) is 4.04. The second-order valence-electron chi connectivity index (χ2n) is 4.49. The molecule has 6 nitrogen and oxygen atoms in total. The Morgan fingerprint density at radius 3 is 2.52 bits per heavy atom. The number of hydrogen-bond acceptors (Lipinski definition) is 5. The predicted octanol–water partition coefficient (Wildman–Crippen LogP) is 1.75. The first-order valence-corrected chi connectivity index (χ1v) is 6.30. The molecule has 8 heteroatoms. The van der Waals surface area contributed by atoms with E-state index in [9.17, 15) is 13.6 Å². The van der Waals surface area contributed by atoms with Crippen LogP contribution in [0.4, 0.5) is 8.78 Å². The number of aryl methyl sites for hydroxylation is 1. The second-order valence-corrected chi connectivity index (χ2v) is 4.49. The summed E-state index contributed by atoms with van der Waals surface area (Å²) in [5.41, 5.74) is 0.879. The van der Waals surface area contributed by atoms with Gasteiger partial charge in [0.05, 0.1) is 5.69 Å². The van der Waals surface area contributed by atoms with Gasteiger partial charge in [-0.3, -0.25) is 4.79 Å². The van der Waals surface area contributed by atoms with Gasteiger partial charge >= 0.3 is 6.01 Å². The highest BCUT2D eigenvalue weighted by atomic mass is 19.3. The first-order valence-electron chi connectivity index (χ1n) is 6.30. The van der Waals surface area contributed by atoms with Crippen LogP contribution in [0.2, 0.25) is 0 Å². The van der Waals surface area contributed by atoms with Crippen molar-refractivity contribution < 1.29 is 13.5 Å². The molecule has 0 aliphatic rings. The molecule has 112 valence electrons. The molecule has 2 aromatic rings. The normalized spacial score (nSPS) is 11.4. The van der Waals surface area contributed by atoms with Gasteiger partial charge in [0.2, 0.25) is 0 Å². The third-order valence-electron chi connectivity index (χ3n) is 2.54. The number of aromatic nitrogens is 4. The fourth-order valence-corrected chi connectivity index (χ4v) is 1.54. The number of nitrogens with zero attached hydrogens (tertiary/aromatic N) is 4. The molecule has 0 fully saturated rings. The van der Waals surface area contributed by atoms with E-state index in [1.165, 1.54) is 23.1 Å². The van der Waals surface area contributed by atoms with E-state index in [1.807, 2.05) is 0 Å². The summed E-state index contributed by atoms with van der Waals surface area (Å²) in [6, 6.07) is 2.81. The number of hydrogen-bond donors (Lipinski definition) is 0. The minimum Gasteiger partial charge on any atom is -0.457 e. The molecule has 0 aromatic carbocycles. The van der Waals surface area contributed by atoms with Crippen LogP contribution in [0.1, 0.15) is 13.8 Å². The fourth-order valence-electron chi connectivity index (χ4n) is 1.54. The molecular weight excluding hydrogens is 282 g/mol. The maximum atomic E-state index is 12.7. The van der Waals surface area contributed by atoms with Gasteiger partial charge < -0.3 is 4.74 Å². The summed E-state index contributed by atoms with van der Waals surface area (Å²) in [5.74, 6) is -2.94. The minimum atomic E-state index is -2.94. The molecule has 2 rings (SSSR count). The van der Waals surface area contributed by atoms with E-state index in [4.69, 9.17) is 4.74 Å². The van der Waals surface area contributed by atoms with Crippen molar-refractivity contribution in [2.24, 2.45) is 0 Å². The van der Waals surface area contributed by atoms with Crippen LogP contribution in [-0.4, -0.2) is 32.3 Å². The summed E-state index contributed by atoms with van der Waals surface area (Å²) in [7, 11) is 0. The fraction of sp³-hybridized carbons (Fsp3) is 0.385. The van der Waals surface area contributed by atoms with Crippen molar-refractivity contribution in [2.75, 3.05) is 6.61 Å². The first-order chi connectivity index (χ1) is 9.89. The number of rotatable bonds is 5. The van der Waals surface area contributed by atoms with E-state index in [1.54, 1.807) is 13.0 Å². The Kier molecular flexibility index (Phi) is 4.25. The van der Waals surface area contributed by atoms with Crippen molar-refractivity contribution in [1.82, 2.24) is 19.7 Å². The van der Waals surface area contributed by atoms with Gasteiger partial charge in [0.15, 0.2) is 6.61 Å². The van der Waals surface area contributed by atoms with Gasteiger partial charge in [0.25, 0.3) is 11.5 Å². The van der Waals surface area contributed by atoms with Gasteiger partial charge in [0.1, 0.15) is 0 Å². The van der Waals surface area contributed by atoms with Crippen molar-refractivity contribution in [2.45, 2.75) is 26.3 Å². The summed E-state index contributed by atoms with van der Waals surface area (Å²) in [5, 5.41) is 4.14. The van der Waals surface area contributed by atoms with Gasteiger partial charge in [0, 0.05) is 37.5 Å². The van der Waals surface area contributed by atoms with Gasteiger partial charge in [-0.05, 0) is 13.0 Å². The highest BCUT2D eigenvalue weighted by Crippen LogP contribution is 2.16. The molecule has 0 aliphatic carbocycles. The SMILES string of the molecule is CCn1nc(-c2cnc(OCC(C)(F)F)nc2)ccc1=O. The highest BCUT2D eigenvalue weighted by molar-refractivity contribution is 5.55. The number of halogens is 2. The lowest BCUT2D eigenvalue weighted by Crippen LogP contribution is -2.22. The van der Waals surface area contributed by atoms with Crippen LogP contribution in [0.25, 0.3) is 11.3 Å². The molecular formula is C13H14F2N4O2. The molecule has 0 N–H and O–H groups in total. The van der Waals surface area contributed by atoms with Gasteiger partial charge in [-0.25, -0.2) is 23.4 Å². The summed E-state index contributed by atoms with van der Waals surface area (Å²) in [6.45, 7) is 2.21. The Bertz CT molecular complexity index is 665. The van der Waals surface area contributed by atoms with Gasteiger partial charge in [-0.1, -0.05) is 0 Å². The van der Waals surface area contributed by atoms with Crippen molar-refractivity contribution in [3.8, 4) is 17.3 Å². The van der Waals surface area contributed by atoms with Crippen molar-refractivity contribution >= 4 is 0 Å². The van der Waals surface area contributed by atoms with Gasteiger partial charge in [-0.2, -0.15) is 5.10 Å². The Labute approximate surface area is 119 Å². The highest BCUT2D eigenvalue weighted by Gasteiger charge is 2.22. The van der Waals surface area contributed by atoms with Crippen LogP contribution in [0.3, 0.4) is 0 Å². The van der Waals surface area contributed by atoms with Crippen LogP contribution < -0.4 is 10.3 Å². The summed E-state index contributed by atoms with van der Waals surface area (Å²) in [6.07, 6.45) is 2.81. The molecule has 0 saturated carbocycles. The maximum Gasteiger partial charge on any atom is 0.316 e. The maximum absolute atomic E-state index is 12.7. The van der Waals surface area contributed by atoms with E-state index in [0.717, 1.165) is 6.92 Å². The Hall–Kier alpha value is -2.38. The number of ether oxygens (including phenoxy) is 1. The molecule has 0 unspecified atom stereocenters. The quantitative estimate of drug-likeness (QED) is 0.840. The molecule has 0 amide bonds. The molecule has 0 atom stereocenters. The molecule has 21 heavy (non-hydrogen) atoms. The summed E-state index contributed by atoms with van der Waals surface area (Å²) < 4.78 is 31.4. The average molecular weight is 296 g/mol.